The van der Waals surface area contributed by atoms with Crippen molar-refractivity contribution in [3.05, 3.63) is 120 Å². The topological polar surface area (TPSA) is 83.8 Å². The number of allylic oxidation sites excluding steroid dienone is 1. The smallest absolute Gasteiger partial charge is 0.318 e. The SMILES string of the molecule is O=C(O)C1(c2ccccc2)C=C(OCc2ccccc2)CC(C(=O)O)(c2ccccc2)C1. The minimum Gasteiger partial charge on any atom is -0.493 e. The van der Waals surface area contributed by atoms with Crippen molar-refractivity contribution in [2.75, 3.05) is 0 Å². The van der Waals surface area contributed by atoms with Crippen LogP contribution in [0.5, 0.6) is 0 Å². The Hall–Kier alpha value is -3.86. The van der Waals surface area contributed by atoms with Crippen molar-refractivity contribution in [3.8, 4) is 0 Å². The first kappa shape index (κ1) is 21.4. The lowest BCUT2D eigenvalue weighted by Crippen LogP contribution is -2.49. The van der Waals surface area contributed by atoms with E-state index in [0.29, 0.717) is 16.9 Å². The molecule has 1 aliphatic carbocycles. The predicted octanol–water partition coefficient (Wildman–Crippen LogP) is 4.93. The van der Waals surface area contributed by atoms with Crippen LogP contribution >= 0.6 is 0 Å². The molecule has 1 aliphatic rings. The summed E-state index contributed by atoms with van der Waals surface area (Å²) in [5.41, 5.74) is -0.992. The van der Waals surface area contributed by atoms with Gasteiger partial charge in [0.05, 0.1) is 5.76 Å². The van der Waals surface area contributed by atoms with Crippen LogP contribution in [0.3, 0.4) is 0 Å². The molecule has 0 amide bonds. The van der Waals surface area contributed by atoms with Gasteiger partial charge in [-0.2, -0.15) is 0 Å². The standard InChI is InChI=1S/C27H24O5/c28-24(29)26(21-12-6-2-7-13-21)16-23(32-18-20-10-4-1-5-11-20)17-27(19-26,25(30)31)22-14-8-3-9-15-22/h1-16H,17-19H2,(H,28,29)(H,30,31). The molecule has 5 nitrogen and oxygen atoms in total. The summed E-state index contributed by atoms with van der Waals surface area (Å²) in [4.78, 5) is 25.5. The quantitative estimate of drug-likeness (QED) is 0.558. The molecule has 0 aromatic heterocycles. The van der Waals surface area contributed by atoms with Gasteiger partial charge in [0.25, 0.3) is 0 Å². The number of ether oxygens (including phenoxy) is 1. The summed E-state index contributed by atoms with van der Waals surface area (Å²) in [6.07, 6.45) is 1.55. The van der Waals surface area contributed by atoms with Crippen molar-refractivity contribution >= 4 is 11.9 Å². The van der Waals surface area contributed by atoms with Crippen LogP contribution in [0.1, 0.15) is 29.5 Å². The molecule has 162 valence electrons. The highest BCUT2D eigenvalue weighted by molar-refractivity contribution is 5.89. The summed E-state index contributed by atoms with van der Waals surface area (Å²) in [6.45, 7) is 0.224. The van der Waals surface area contributed by atoms with Crippen LogP contribution < -0.4 is 0 Å². The van der Waals surface area contributed by atoms with E-state index in [0.717, 1.165) is 5.56 Å². The average molecular weight is 428 g/mol. The van der Waals surface area contributed by atoms with E-state index < -0.39 is 22.8 Å². The molecule has 0 heterocycles. The molecule has 0 bridgehead atoms. The van der Waals surface area contributed by atoms with Crippen molar-refractivity contribution in [2.45, 2.75) is 30.3 Å². The van der Waals surface area contributed by atoms with Gasteiger partial charge in [-0.15, -0.1) is 0 Å². The van der Waals surface area contributed by atoms with Crippen LogP contribution in [0, 0.1) is 0 Å². The van der Waals surface area contributed by atoms with Gasteiger partial charge in [0.2, 0.25) is 0 Å². The minimum absolute atomic E-state index is 0.0705. The maximum absolute atomic E-state index is 12.8. The summed E-state index contributed by atoms with van der Waals surface area (Å²) in [5, 5.41) is 20.8. The second kappa shape index (κ2) is 8.71. The van der Waals surface area contributed by atoms with E-state index >= 15 is 0 Å². The molecule has 4 rings (SSSR count). The van der Waals surface area contributed by atoms with Gasteiger partial charge in [-0.3, -0.25) is 9.59 Å². The second-order valence-corrected chi connectivity index (χ2v) is 8.13. The first-order valence-corrected chi connectivity index (χ1v) is 10.4. The van der Waals surface area contributed by atoms with E-state index in [2.05, 4.69) is 0 Å². The fraction of sp³-hybridized carbons (Fsp3) is 0.185. The first-order chi connectivity index (χ1) is 15.5. The summed E-state index contributed by atoms with van der Waals surface area (Å²) in [6, 6.07) is 27.1. The van der Waals surface area contributed by atoms with Gasteiger partial charge in [-0.25, -0.2) is 0 Å². The maximum Gasteiger partial charge on any atom is 0.318 e. The predicted molar refractivity (Wildman–Crippen MR) is 120 cm³/mol. The molecule has 0 aliphatic heterocycles. The fourth-order valence-electron chi connectivity index (χ4n) is 4.47. The van der Waals surface area contributed by atoms with Crippen molar-refractivity contribution in [1.29, 1.82) is 0 Å². The van der Waals surface area contributed by atoms with E-state index in [1.54, 1.807) is 60.7 Å². The Kier molecular flexibility index (Phi) is 5.82. The molecule has 32 heavy (non-hydrogen) atoms. The normalized spacial score (nSPS) is 22.6. The van der Waals surface area contributed by atoms with Gasteiger partial charge < -0.3 is 14.9 Å². The highest BCUT2D eigenvalue weighted by atomic mass is 16.5. The van der Waals surface area contributed by atoms with Gasteiger partial charge >= 0.3 is 11.9 Å². The summed E-state index contributed by atoms with van der Waals surface area (Å²) < 4.78 is 6.06. The molecule has 3 aromatic rings. The van der Waals surface area contributed by atoms with Gasteiger partial charge in [0.15, 0.2) is 0 Å². The third-order valence-electron chi connectivity index (χ3n) is 6.14. The van der Waals surface area contributed by atoms with E-state index in [9.17, 15) is 19.8 Å². The lowest BCUT2D eigenvalue weighted by molar-refractivity contribution is -0.149. The average Bonchev–Trinajstić information content (AvgIpc) is 2.84. The fourth-order valence-corrected chi connectivity index (χ4v) is 4.47. The van der Waals surface area contributed by atoms with Crippen LogP contribution in [0.15, 0.2) is 103 Å². The monoisotopic (exact) mass is 428 g/mol. The number of carbonyl (C=O) groups is 2. The lowest BCUT2D eigenvalue weighted by atomic mass is 9.59. The van der Waals surface area contributed by atoms with E-state index in [1.807, 2.05) is 36.4 Å². The van der Waals surface area contributed by atoms with Gasteiger partial charge in [-0.05, 0) is 29.2 Å². The zero-order chi connectivity index (χ0) is 22.6. The Bertz CT molecular complexity index is 1120. The molecule has 0 spiro atoms. The Morgan fingerprint density at radius 1 is 0.750 bits per heavy atom. The van der Waals surface area contributed by atoms with Crippen molar-refractivity contribution in [1.82, 2.24) is 0 Å². The zero-order valence-electron chi connectivity index (χ0n) is 17.5. The van der Waals surface area contributed by atoms with E-state index in [1.165, 1.54) is 0 Å². The number of rotatable bonds is 7. The maximum atomic E-state index is 12.8. The Balaban J connectivity index is 1.85. The molecule has 5 heteroatoms. The number of hydrogen-bond acceptors (Lipinski definition) is 3. The molecule has 0 radical (unpaired) electrons. The first-order valence-electron chi connectivity index (χ1n) is 10.4. The second-order valence-electron chi connectivity index (χ2n) is 8.13. The molecular formula is C27H24O5. The van der Waals surface area contributed by atoms with Crippen molar-refractivity contribution in [3.63, 3.8) is 0 Å². The Labute approximate surface area is 186 Å². The summed E-state index contributed by atoms with van der Waals surface area (Å²) in [5.74, 6) is -1.82. The third kappa shape index (κ3) is 3.89. The molecular weight excluding hydrogens is 404 g/mol. The van der Waals surface area contributed by atoms with Crippen LogP contribution in [-0.4, -0.2) is 22.2 Å². The minimum atomic E-state index is -1.54. The van der Waals surface area contributed by atoms with Gasteiger partial charge in [0, 0.05) is 6.42 Å². The Morgan fingerprint density at radius 3 is 1.81 bits per heavy atom. The van der Waals surface area contributed by atoms with Crippen molar-refractivity contribution in [2.24, 2.45) is 0 Å². The van der Waals surface area contributed by atoms with Crippen LogP contribution in [0.2, 0.25) is 0 Å². The largest absolute Gasteiger partial charge is 0.493 e. The van der Waals surface area contributed by atoms with E-state index in [-0.39, 0.29) is 19.4 Å². The number of carboxylic acids is 2. The molecule has 2 N–H and O–H groups in total. The number of hydrogen-bond donors (Lipinski definition) is 2. The van der Waals surface area contributed by atoms with Crippen LogP contribution in [0.4, 0.5) is 0 Å². The van der Waals surface area contributed by atoms with Crippen LogP contribution in [0.25, 0.3) is 0 Å². The summed E-state index contributed by atoms with van der Waals surface area (Å²) >= 11 is 0. The third-order valence-corrected chi connectivity index (χ3v) is 6.14. The highest BCUT2D eigenvalue weighted by Crippen LogP contribution is 2.49. The number of benzene rings is 3. The molecule has 3 aromatic carbocycles. The molecule has 0 saturated heterocycles. The molecule has 2 unspecified atom stereocenters. The number of carboxylic acid groups (broad SMARTS) is 2. The Morgan fingerprint density at radius 2 is 1.28 bits per heavy atom. The zero-order valence-corrected chi connectivity index (χ0v) is 17.5. The van der Waals surface area contributed by atoms with Gasteiger partial charge in [-0.1, -0.05) is 91.0 Å². The molecule has 0 saturated carbocycles. The number of aliphatic carboxylic acids is 2. The van der Waals surface area contributed by atoms with Gasteiger partial charge in [0.1, 0.15) is 17.4 Å². The van der Waals surface area contributed by atoms with E-state index in [4.69, 9.17) is 4.74 Å². The summed E-state index contributed by atoms with van der Waals surface area (Å²) in [7, 11) is 0. The van der Waals surface area contributed by atoms with Crippen LogP contribution in [-0.2, 0) is 31.8 Å². The molecule has 0 fully saturated rings. The van der Waals surface area contributed by atoms with Crippen molar-refractivity contribution < 1.29 is 24.5 Å². The highest BCUT2D eigenvalue weighted by Gasteiger charge is 2.55. The molecule has 2 atom stereocenters. The lowest BCUT2D eigenvalue weighted by Gasteiger charge is -2.42.